The summed E-state index contributed by atoms with van der Waals surface area (Å²) in [6.07, 6.45) is 0.287. The van der Waals surface area contributed by atoms with Gasteiger partial charge >= 0.3 is 0 Å². The predicted octanol–water partition coefficient (Wildman–Crippen LogP) is 3.82. The molecule has 0 saturated heterocycles. The van der Waals surface area contributed by atoms with E-state index in [2.05, 4.69) is 10.3 Å². The fraction of sp³-hybridized carbons (Fsp3) is 0.364. The van der Waals surface area contributed by atoms with Gasteiger partial charge in [-0.1, -0.05) is 0 Å². The van der Waals surface area contributed by atoms with E-state index >= 15 is 0 Å². The topological polar surface area (TPSA) is 109 Å². The van der Waals surface area contributed by atoms with E-state index in [1.54, 1.807) is 17.4 Å². The van der Waals surface area contributed by atoms with Crippen molar-refractivity contribution in [3.8, 4) is 22.8 Å². The molecule has 0 aliphatic rings. The van der Waals surface area contributed by atoms with E-state index in [9.17, 15) is 14.9 Å². The number of nitro benzene ring substituents is 1. The van der Waals surface area contributed by atoms with Crippen molar-refractivity contribution in [2.45, 2.75) is 33.7 Å². The molecule has 1 aromatic carbocycles. The number of carbonyl (C=O) groups excluding carboxylic acids is 1. The standard InChI is InChI=1S/C22H26N4O5S/c1-13-8-17(18-12-32-15(3)24-18)14(2)25(13)11-22(27)23-7-6-16-9-20(30-4)21(31-5)10-19(16)26(28)29/h8-10,12H,6-7,11H2,1-5H3,(H,23,27). The molecule has 9 nitrogen and oxygen atoms in total. The molecule has 1 N–H and O–H groups in total. The second-order valence-electron chi connectivity index (χ2n) is 7.32. The summed E-state index contributed by atoms with van der Waals surface area (Å²) in [6.45, 7) is 6.30. The maximum Gasteiger partial charge on any atom is 0.276 e. The average Bonchev–Trinajstić information content (AvgIpc) is 3.31. The van der Waals surface area contributed by atoms with E-state index < -0.39 is 4.92 Å². The lowest BCUT2D eigenvalue weighted by Gasteiger charge is -2.12. The third-order valence-corrected chi connectivity index (χ3v) is 6.04. The molecular formula is C22H26N4O5S. The van der Waals surface area contributed by atoms with Crippen molar-refractivity contribution in [1.82, 2.24) is 14.9 Å². The van der Waals surface area contributed by atoms with Crippen LogP contribution in [-0.4, -0.2) is 41.1 Å². The van der Waals surface area contributed by atoms with Crippen LogP contribution < -0.4 is 14.8 Å². The Morgan fingerprint density at radius 1 is 1.19 bits per heavy atom. The summed E-state index contributed by atoms with van der Waals surface area (Å²) >= 11 is 1.59. The number of rotatable bonds is 9. The lowest BCUT2D eigenvalue weighted by molar-refractivity contribution is -0.385. The fourth-order valence-corrected chi connectivity index (χ4v) is 4.22. The van der Waals surface area contributed by atoms with Gasteiger partial charge in [-0.15, -0.1) is 11.3 Å². The molecule has 2 aromatic heterocycles. The summed E-state index contributed by atoms with van der Waals surface area (Å²) in [4.78, 5) is 28.1. The number of benzene rings is 1. The molecule has 0 aliphatic carbocycles. The summed E-state index contributed by atoms with van der Waals surface area (Å²) in [5.41, 5.74) is 4.25. The van der Waals surface area contributed by atoms with E-state index in [1.165, 1.54) is 20.3 Å². The van der Waals surface area contributed by atoms with Crippen molar-refractivity contribution in [3.63, 3.8) is 0 Å². The summed E-state index contributed by atoms with van der Waals surface area (Å²) < 4.78 is 12.3. The van der Waals surface area contributed by atoms with Crippen LogP contribution in [-0.2, 0) is 17.8 Å². The molecule has 0 bridgehead atoms. The molecule has 0 atom stereocenters. The molecule has 32 heavy (non-hydrogen) atoms. The molecular weight excluding hydrogens is 432 g/mol. The highest BCUT2D eigenvalue weighted by atomic mass is 32.1. The van der Waals surface area contributed by atoms with Crippen LogP contribution in [0.15, 0.2) is 23.6 Å². The van der Waals surface area contributed by atoms with Crippen LogP contribution in [0.5, 0.6) is 11.5 Å². The molecule has 2 heterocycles. The third-order valence-electron chi connectivity index (χ3n) is 5.27. The van der Waals surface area contributed by atoms with Gasteiger partial charge in [-0.05, 0) is 39.3 Å². The number of nitrogens with one attached hydrogen (secondary N) is 1. The summed E-state index contributed by atoms with van der Waals surface area (Å²) in [7, 11) is 2.89. The summed E-state index contributed by atoms with van der Waals surface area (Å²) in [6, 6.07) is 4.94. The van der Waals surface area contributed by atoms with E-state index in [1.807, 2.05) is 36.8 Å². The van der Waals surface area contributed by atoms with Crippen LogP contribution in [0.3, 0.4) is 0 Å². The number of aryl methyl sites for hydroxylation is 2. The number of amides is 1. The zero-order valence-corrected chi connectivity index (χ0v) is 19.5. The molecule has 0 radical (unpaired) electrons. The lowest BCUT2D eigenvalue weighted by atomic mass is 10.1. The van der Waals surface area contributed by atoms with E-state index in [0.717, 1.165) is 27.7 Å². The monoisotopic (exact) mass is 458 g/mol. The maximum atomic E-state index is 12.6. The van der Waals surface area contributed by atoms with E-state index in [4.69, 9.17) is 9.47 Å². The Morgan fingerprint density at radius 2 is 1.88 bits per heavy atom. The van der Waals surface area contributed by atoms with Crippen molar-refractivity contribution in [1.29, 1.82) is 0 Å². The number of methoxy groups -OCH3 is 2. The second-order valence-corrected chi connectivity index (χ2v) is 8.38. The first-order valence-corrected chi connectivity index (χ1v) is 10.9. The number of aromatic nitrogens is 2. The quantitative estimate of drug-likeness (QED) is 0.386. The molecule has 3 rings (SSSR count). The SMILES string of the molecule is COc1cc(CCNC(=O)Cn2c(C)cc(-c3csc(C)n3)c2C)c([N+](=O)[O-])cc1OC. The highest BCUT2D eigenvalue weighted by Crippen LogP contribution is 2.34. The number of nitrogens with zero attached hydrogens (tertiary/aromatic N) is 3. The molecule has 0 aliphatic heterocycles. The van der Waals surface area contributed by atoms with Gasteiger partial charge in [0.25, 0.3) is 5.69 Å². The van der Waals surface area contributed by atoms with Gasteiger partial charge in [0.15, 0.2) is 11.5 Å². The lowest BCUT2D eigenvalue weighted by Crippen LogP contribution is -2.30. The van der Waals surface area contributed by atoms with Crippen molar-refractivity contribution >= 4 is 22.9 Å². The number of ether oxygens (including phenoxy) is 2. The van der Waals surface area contributed by atoms with Crippen molar-refractivity contribution < 1.29 is 19.2 Å². The summed E-state index contributed by atoms with van der Waals surface area (Å²) in [5, 5.41) is 17.3. The normalized spacial score (nSPS) is 10.8. The van der Waals surface area contributed by atoms with Gasteiger partial charge in [-0.2, -0.15) is 0 Å². The van der Waals surface area contributed by atoms with E-state index in [0.29, 0.717) is 11.3 Å². The molecule has 10 heteroatoms. The Labute approximate surface area is 190 Å². The van der Waals surface area contributed by atoms with Gasteiger partial charge in [0, 0.05) is 34.4 Å². The van der Waals surface area contributed by atoms with Gasteiger partial charge in [-0.3, -0.25) is 14.9 Å². The van der Waals surface area contributed by atoms with Crippen LogP contribution in [0.4, 0.5) is 5.69 Å². The van der Waals surface area contributed by atoms with Crippen molar-refractivity contribution in [2.24, 2.45) is 0 Å². The molecule has 1 amide bonds. The predicted molar refractivity (Wildman–Crippen MR) is 123 cm³/mol. The van der Waals surface area contributed by atoms with Crippen LogP contribution in [0.1, 0.15) is 22.0 Å². The highest BCUT2D eigenvalue weighted by molar-refractivity contribution is 7.09. The van der Waals surface area contributed by atoms with Crippen LogP contribution in [0.2, 0.25) is 0 Å². The molecule has 0 saturated carbocycles. The largest absolute Gasteiger partial charge is 0.493 e. The minimum atomic E-state index is -0.465. The first-order chi connectivity index (χ1) is 15.2. The third kappa shape index (κ3) is 4.91. The maximum absolute atomic E-state index is 12.6. The van der Waals surface area contributed by atoms with Crippen molar-refractivity contribution in [3.05, 3.63) is 55.7 Å². The van der Waals surface area contributed by atoms with Crippen LogP contribution in [0, 0.1) is 30.9 Å². The number of thiazole rings is 1. The van der Waals surface area contributed by atoms with Crippen LogP contribution in [0.25, 0.3) is 11.3 Å². The Hall–Kier alpha value is -3.40. The number of hydrogen-bond acceptors (Lipinski definition) is 7. The Kier molecular flexibility index (Phi) is 7.14. The molecule has 0 spiro atoms. The Bertz CT molecular complexity index is 1150. The molecule has 3 aromatic rings. The highest BCUT2D eigenvalue weighted by Gasteiger charge is 2.20. The number of hydrogen-bond donors (Lipinski definition) is 1. The van der Waals surface area contributed by atoms with E-state index in [-0.39, 0.29) is 36.9 Å². The van der Waals surface area contributed by atoms with Crippen LogP contribution >= 0.6 is 11.3 Å². The Morgan fingerprint density at radius 3 is 2.47 bits per heavy atom. The molecule has 0 fully saturated rings. The first kappa shape index (κ1) is 23.3. The minimum absolute atomic E-state index is 0.0720. The average molecular weight is 459 g/mol. The zero-order valence-electron chi connectivity index (χ0n) is 18.7. The molecule has 0 unspecified atom stereocenters. The van der Waals surface area contributed by atoms with Gasteiger partial charge in [0.2, 0.25) is 5.91 Å². The van der Waals surface area contributed by atoms with Crippen molar-refractivity contribution in [2.75, 3.05) is 20.8 Å². The second kappa shape index (κ2) is 9.82. The number of carbonyl (C=O) groups is 1. The smallest absolute Gasteiger partial charge is 0.276 e. The first-order valence-electron chi connectivity index (χ1n) is 10.00. The molecule has 170 valence electrons. The van der Waals surface area contributed by atoms with Gasteiger partial charge in [0.1, 0.15) is 6.54 Å². The Balaban J connectivity index is 1.68. The zero-order chi connectivity index (χ0) is 23.4. The number of nitro groups is 1. The van der Waals surface area contributed by atoms with Gasteiger partial charge < -0.3 is 19.4 Å². The fourth-order valence-electron chi connectivity index (χ4n) is 3.61. The van der Waals surface area contributed by atoms with Gasteiger partial charge in [0.05, 0.1) is 35.9 Å². The summed E-state index contributed by atoms with van der Waals surface area (Å²) in [5.74, 6) is 0.524. The van der Waals surface area contributed by atoms with Gasteiger partial charge in [-0.25, -0.2) is 4.98 Å². The minimum Gasteiger partial charge on any atom is -0.493 e.